The van der Waals surface area contributed by atoms with Gasteiger partial charge < -0.3 is 5.73 Å². The van der Waals surface area contributed by atoms with Crippen LogP contribution >= 0.6 is 23.4 Å². The van der Waals surface area contributed by atoms with Gasteiger partial charge in [-0.15, -0.1) is 0 Å². The molecule has 19 heavy (non-hydrogen) atoms. The topological polar surface area (TPSA) is 43.8 Å². The molecule has 0 aliphatic rings. The maximum atomic E-state index is 6.10. The van der Waals surface area contributed by atoms with Gasteiger partial charge in [0.1, 0.15) is 5.03 Å². The van der Waals surface area contributed by atoms with Gasteiger partial charge in [0.25, 0.3) is 0 Å². The predicted molar refractivity (Wildman–Crippen MR) is 82.7 cm³/mol. The fourth-order valence-electron chi connectivity index (χ4n) is 1.82. The number of benzene rings is 1. The minimum Gasteiger partial charge on any atom is -0.395 e. The van der Waals surface area contributed by atoms with Crippen LogP contribution in [0.5, 0.6) is 0 Å². The minimum atomic E-state index is 0.764. The average Bonchev–Trinajstić information content (AvgIpc) is 2.65. The number of rotatable bonds is 5. The lowest BCUT2D eigenvalue weighted by atomic mass is 10.2. The van der Waals surface area contributed by atoms with Crippen LogP contribution < -0.4 is 5.73 Å². The third-order valence-corrected chi connectivity index (χ3v) is 4.28. The van der Waals surface area contributed by atoms with E-state index in [1.165, 1.54) is 5.56 Å². The third kappa shape index (κ3) is 3.45. The molecule has 1 aromatic carbocycles. The first-order valence-electron chi connectivity index (χ1n) is 6.32. The Morgan fingerprint density at radius 3 is 2.63 bits per heavy atom. The molecule has 0 saturated carbocycles. The highest BCUT2D eigenvalue weighted by atomic mass is 35.5. The van der Waals surface area contributed by atoms with Gasteiger partial charge in [0.05, 0.1) is 11.4 Å². The van der Waals surface area contributed by atoms with Crippen LogP contribution in [0, 0.1) is 6.92 Å². The van der Waals surface area contributed by atoms with E-state index in [1.54, 1.807) is 11.8 Å². The summed E-state index contributed by atoms with van der Waals surface area (Å²) in [6.07, 6.45) is 1.05. The van der Waals surface area contributed by atoms with Gasteiger partial charge in [0.2, 0.25) is 0 Å². The molecule has 0 aliphatic carbocycles. The summed E-state index contributed by atoms with van der Waals surface area (Å²) in [4.78, 5) is 0. The van der Waals surface area contributed by atoms with Crippen molar-refractivity contribution in [1.82, 2.24) is 9.78 Å². The highest BCUT2D eigenvalue weighted by molar-refractivity contribution is 7.98. The number of nitrogens with two attached hydrogens (primary N) is 1. The molecule has 2 rings (SSSR count). The first-order valence-corrected chi connectivity index (χ1v) is 7.68. The van der Waals surface area contributed by atoms with Crippen molar-refractivity contribution in [3.63, 3.8) is 0 Å². The summed E-state index contributed by atoms with van der Waals surface area (Å²) >= 11 is 7.61. The Bertz CT molecular complexity index is 549. The number of anilines is 1. The van der Waals surface area contributed by atoms with Gasteiger partial charge in [-0.05, 0) is 31.0 Å². The van der Waals surface area contributed by atoms with Crippen molar-refractivity contribution in [2.24, 2.45) is 0 Å². The number of aryl methyl sites for hydroxylation is 2. The largest absolute Gasteiger partial charge is 0.395 e. The van der Waals surface area contributed by atoms with E-state index in [4.69, 9.17) is 17.3 Å². The van der Waals surface area contributed by atoms with Gasteiger partial charge in [-0.1, -0.05) is 42.4 Å². The van der Waals surface area contributed by atoms with Crippen molar-refractivity contribution >= 4 is 29.1 Å². The van der Waals surface area contributed by atoms with Crippen molar-refractivity contribution in [3.05, 3.63) is 40.5 Å². The molecular formula is C14H18ClN3S. The summed E-state index contributed by atoms with van der Waals surface area (Å²) in [5, 5.41) is 6.30. The summed E-state index contributed by atoms with van der Waals surface area (Å²) in [5.74, 6) is 0.871. The molecule has 0 amide bonds. The molecule has 0 spiro atoms. The summed E-state index contributed by atoms with van der Waals surface area (Å²) in [7, 11) is 0. The van der Waals surface area contributed by atoms with Crippen LogP contribution in [-0.4, -0.2) is 9.78 Å². The molecule has 0 bridgehead atoms. The van der Waals surface area contributed by atoms with Crippen molar-refractivity contribution in [2.45, 2.75) is 37.6 Å². The van der Waals surface area contributed by atoms with E-state index in [-0.39, 0.29) is 0 Å². The molecule has 1 heterocycles. The molecule has 0 radical (unpaired) electrons. The smallest absolute Gasteiger partial charge is 0.118 e. The fraction of sp³-hybridized carbons (Fsp3) is 0.357. The van der Waals surface area contributed by atoms with Crippen LogP contribution in [0.2, 0.25) is 5.02 Å². The summed E-state index contributed by atoms with van der Waals surface area (Å²) in [6.45, 7) is 5.00. The molecule has 3 nitrogen and oxygen atoms in total. The van der Waals surface area contributed by atoms with Gasteiger partial charge in [-0.3, -0.25) is 4.68 Å². The number of aromatic nitrogens is 2. The van der Waals surface area contributed by atoms with E-state index in [9.17, 15) is 0 Å². The molecule has 0 aliphatic heterocycles. The first kappa shape index (κ1) is 14.3. The van der Waals surface area contributed by atoms with E-state index >= 15 is 0 Å². The molecule has 0 atom stereocenters. The minimum absolute atomic E-state index is 0.764. The summed E-state index contributed by atoms with van der Waals surface area (Å²) < 4.78 is 2.01. The Kier molecular flexibility index (Phi) is 4.77. The summed E-state index contributed by atoms with van der Waals surface area (Å²) in [6, 6.07) is 7.91. The lowest BCUT2D eigenvalue weighted by Crippen LogP contribution is -2.01. The third-order valence-electron chi connectivity index (χ3n) is 2.85. The van der Waals surface area contributed by atoms with Crippen LogP contribution in [0.25, 0.3) is 0 Å². The predicted octanol–water partition coefficient (Wildman–Crippen LogP) is 4.13. The lowest BCUT2D eigenvalue weighted by Gasteiger charge is -2.07. The molecule has 2 N–H and O–H groups in total. The molecule has 0 unspecified atom stereocenters. The second-order valence-electron chi connectivity index (χ2n) is 4.44. The van der Waals surface area contributed by atoms with E-state index in [2.05, 4.69) is 12.0 Å². The molecule has 5 heteroatoms. The summed E-state index contributed by atoms with van der Waals surface area (Å²) in [5.41, 5.74) is 9.04. The molecule has 0 fully saturated rings. The zero-order valence-corrected chi connectivity index (χ0v) is 12.8. The number of halogens is 1. The van der Waals surface area contributed by atoms with Crippen molar-refractivity contribution < 1.29 is 0 Å². The van der Waals surface area contributed by atoms with Crippen LogP contribution in [0.15, 0.2) is 29.3 Å². The SMILES string of the molecule is CCCn1nc(C)c(N)c1SCc1ccc(Cl)cc1. The molecule has 2 aromatic rings. The Morgan fingerprint density at radius 2 is 2.00 bits per heavy atom. The van der Waals surface area contributed by atoms with Crippen molar-refractivity contribution in [3.8, 4) is 0 Å². The Hall–Kier alpha value is -1.13. The molecular weight excluding hydrogens is 278 g/mol. The van der Waals surface area contributed by atoms with Gasteiger partial charge >= 0.3 is 0 Å². The van der Waals surface area contributed by atoms with Crippen LogP contribution in [-0.2, 0) is 12.3 Å². The maximum absolute atomic E-state index is 6.10. The van der Waals surface area contributed by atoms with Crippen LogP contribution in [0.3, 0.4) is 0 Å². The van der Waals surface area contributed by atoms with Crippen molar-refractivity contribution in [2.75, 3.05) is 5.73 Å². The number of nitrogen functional groups attached to an aromatic ring is 1. The Balaban J connectivity index is 2.12. The Labute approximate surface area is 123 Å². The normalized spacial score (nSPS) is 10.9. The van der Waals surface area contributed by atoms with Gasteiger partial charge in [0, 0.05) is 17.3 Å². The molecule has 1 aromatic heterocycles. The quantitative estimate of drug-likeness (QED) is 0.844. The van der Waals surface area contributed by atoms with Gasteiger partial charge in [-0.2, -0.15) is 5.10 Å². The number of hydrogen-bond acceptors (Lipinski definition) is 3. The van der Waals surface area contributed by atoms with E-state index in [0.29, 0.717) is 0 Å². The highest BCUT2D eigenvalue weighted by Gasteiger charge is 2.12. The first-order chi connectivity index (χ1) is 9.11. The zero-order chi connectivity index (χ0) is 13.8. The second kappa shape index (κ2) is 6.35. The molecule has 102 valence electrons. The van der Waals surface area contributed by atoms with Gasteiger partial charge in [0.15, 0.2) is 0 Å². The maximum Gasteiger partial charge on any atom is 0.118 e. The lowest BCUT2D eigenvalue weighted by molar-refractivity contribution is 0.556. The van der Waals surface area contributed by atoms with Crippen LogP contribution in [0.4, 0.5) is 5.69 Å². The fourth-order valence-corrected chi connectivity index (χ4v) is 3.03. The second-order valence-corrected chi connectivity index (χ2v) is 5.84. The number of hydrogen-bond donors (Lipinski definition) is 1. The molecule has 0 saturated heterocycles. The number of thioether (sulfide) groups is 1. The Morgan fingerprint density at radius 1 is 1.32 bits per heavy atom. The zero-order valence-electron chi connectivity index (χ0n) is 11.2. The van der Waals surface area contributed by atoms with E-state index in [1.807, 2.05) is 35.9 Å². The number of nitrogens with zero attached hydrogens (tertiary/aromatic N) is 2. The van der Waals surface area contributed by atoms with E-state index < -0.39 is 0 Å². The highest BCUT2D eigenvalue weighted by Crippen LogP contribution is 2.30. The monoisotopic (exact) mass is 295 g/mol. The average molecular weight is 296 g/mol. The van der Waals surface area contributed by atoms with Gasteiger partial charge in [-0.25, -0.2) is 0 Å². The standard InChI is InChI=1S/C14H18ClN3S/c1-3-8-18-14(13(16)10(2)17-18)19-9-11-4-6-12(15)7-5-11/h4-7H,3,8-9,16H2,1-2H3. The van der Waals surface area contributed by atoms with E-state index in [0.717, 1.165) is 40.1 Å². The van der Waals surface area contributed by atoms with Crippen LogP contribution in [0.1, 0.15) is 24.6 Å². The van der Waals surface area contributed by atoms with Crippen molar-refractivity contribution in [1.29, 1.82) is 0 Å².